The van der Waals surface area contributed by atoms with E-state index in [1.807, 2.05) is 0 Å². The minimum atomic E-state index is -0.336. The maximum absolute atomic E-state index is 11.7. The molecule has 0 atom stereocenters. The first-order valence-corrected chi connectivity index (χ1v) is 6.77. The van der Waals surface area contributed by atoms with E-state index in [1.54, 1.807) is 31.4 Å². The van der Waals surface area contributed by atoms with Gasteiger partial charge in [-0.2, -0.15) is 0 Å². The van der Waals surface area contributed by atoms with Crippen LogP contribution in [0.3, 0.4) is 0 Å². The van der Waals surface area contributed by atoms with Gasteiger partial charge in [-0.15, -0.1) is 0 Å². The molecule has 0 saturated carbocycles. The molecule has 0 heterocycles. The standard InChI is InChI=1S/C15H22O5/c1-18-11-12-19-14-7-5-13(6-8-14)15(17)20-10-4-2-3-9-16/h5-8,16H,2-4,9-12H2,1H3. The van der Waals surface area contributed by atoms with E-state index in [4.69, 9.17) is 19.3 Å². The molecule has 0 aromatic heterocycles. The molecule has 1 N–H and O–H groups in total. The maximum atomic E-state index is 11.7. The molecule has 0 fully saturated rings. The van der Waals surface area contributed by atoms with Gasteiger partial charge in [0.2, 0.25) is 0 Å². The molecule has 0 aliphatic heterocycles. The quantitative estimate of drug-likeness (QED) is 0.525. The number of esters is 1. The van der Waals surface area contributed by atoms with Crippen LogP contribution in [0.1, 0.15) is 29.6 Å². The summed E-state index contributed by atoms with van der Waals surface area (Å²) in [6, 6.07) is 6.83. The zero-order valence-corrected chi connectivity index (χ0v) is 11.8. The molecule has 5 heteroatoms. The SMILES string of the molecule is COCCOc1ccc(C(=O)OCCCCCO)cc1. The Kier molecular flexibility index (Phi) is 8.42. The molecule has 0 amide bonds. The van der Waals surface area contributed by atoms with Crippen LogP contribution in [-0.2, 0) is 9.47 Å². The predicted octanol–water partition coefficient (Wildman–Crippen LogP) is 2.03. The number of carbonyl (C=O) groups excluding carboxylic acids is 1. The van der Waals surface area contributed by atoms with Gasteiger partial charge in [-0.1, -0.05) is 0 Å². The Morgan fingerprint density at radius 3 is 2.45 bits per heavy atom. The number of rotatable bonds is 10. The molecule has 5 nitrogen and oxygen atoms in total. The summed E-state index contributed by atoms with van der Waals surface area (Å²) in [6.45, 7) is 1.56. The average Bonchev–Trinajstić information content (AvgIpc) is 2.48. The van der Waals surface area contributed by atoms with E-state index in [-0.39, 0.29) is 12.6 Å². The molecular weight excluding hydrogens is 260 g/mol. The van der Waals surface area contributed by atoms with E-state index >= 15 is 0 Å². The van der Waals surface area contributed by atoms with Gasteiger partial charge >= 0.3 is 5.97 Å². The summed E-state index contributed by atoms with van der Waals surface area (Å²) in [7, 11) is 1.61. The number of aliphatic hydroxyl groups is 1. The molecule has 0 aliphatic rings. The van der Waals surface area contributed by atoms with Gasteiger partial charge in [-0.3, -0.25) is 0 Å². The number of ether oxygens (including phenoxy) is 3. The Morgan fingerprint density at radius 2 is 1.80 bits per heavy atom. The molecule has 1 aromatic carbocycles. The van der Waals surface area contributed by atoms with Crippen LogP contribution in [0, 0.1) is 0 Å². The molecule has 1 rings (SSSR count). The summed E-state index contributed by atoms with van der Waals surface area (Å²) in [5, 5.41) is 8.63. The van der Waals surface area contributed by atoms with Gasteiger partial charge in [0.15, 0.2) is 0 Å². The number of carbonyl (C=O) groups is 1. The molecule has 1 aromatic rings. The number of aliphatic hydroxyl groups excluding tert-OH is 1. The van der Waals surface area contributed by atoms with E-state index in [0.717, 1.165) is 19.3 Å². The van der Waals surface area contributed by atoms with Crippen LogP contribution in [0.25, 0.3) is 0 Å². The molecule has 0 radical (unpaired) electrons. The van der Waals surface area contributed by atoms with Gasteiger partial charge in [-0.05, 0) is 43.5 Å². The van der Waals surface area contributed by atoms with Gasteiger partial charge in [0.05, 0.1) is 18.8 Å². The van der Waals surface area contributed by atoms with E-state index in [9.17, 15) is 4.79 Å². The second-order valence-corrected chi connectivity index (χ2v) is 4.29. The van der Waals surface area contributed by atoms with Crippen molar-refractivity contribution in [1.82, 2.24) is 0 Å². The highest BCUT2D eigenvalue weighted by molar-refractivity contribution is 5.89. The fourth-order valence-electron chi connectivity index (χ4n) is 1.57. The van der Waals surface area contributed by atoms with E-state index in [0.29, 0.717) is 31.1 Å². The Labute approximate surface area is 119 Å². The van der Waals surface area contributed by atoms with Crippen molar-refractivity contribution in [2.24, 2.45) is 0 Å². The highest BCUT2D eigenvalue weighted by Crippen LogP contribution is 2.13. The first-order chi connectivity index (χ1) is 9.77. The van der Waals surface area contributed by atoms with Gasteiger partial charge in [0, 0.05) is 13.7 Å². The van der Waals surface area contributed by atoms with Crippen molar-refractivity contribution in [3.63, 3.8) is 0 Å². The first-order valence-electron chi connectivity index (χ1n) is 6.77. The Balaban J connectivity index is 2.30. The minimum absolute atomic E-state index is 0.179. The fourth-order valence-corrected chi connectivity index (χ4v) is 1.57. The van der Waals surface area contributed by atoms with Crippen LogP contribution < -0.4 is 4.74 Å². The van der Waals surface area contributed by atoms with Crippen LogP contribution in [0.15, 0.2) is 24.3 Å². The van der Waals surface area contributed by atoms with E-state index in [1.165, 1.54) is 0 Å². The Bertz CT molecular complexity index is 374. The van der Waals surface area contributed by atoms with Crippen LogP contribution in [0.2, 0.25) is 0 Å². The third-order valence-corrected chi connectivity index (χ3v) is 2.68. The molecule has 0 aliphatic carbocycles. The van der Waals surface area contributed by atoms with E-state index < -0.39 is 0 Å². The summed E-state index contributed by atoms with van der Waals surface area (Å²) >= 11 is 0. The molecule has 0 bridgehead atoms. The van der Waals surface area contributed by atoms with Gasteiger partial charge in [0.25, 0.3) is 0 Å². The average molecular weight is 282 g/mol. The van der Waals surface area contributed by atoms with Gasteiger partial charge < -0.3 is 19.3 Å². The van der Waals surface area contributed by atoms with Crippen molar-refractivity contribution >= 4 is 5.97 Å². The van der Waals surface area contributed by atoms with Gasteiger partial charge in [0.1, 0.15) is 12.4 Å². The largest absolute Gasteiger partial charge is 0.491 e. The van der Waals surface area contributed by atoms with Crippen LogP contribution >= 0.6 is 0 Å². The third-order valence-electron chi connectivity index (χ3n) is 2.68. The van der Waals surface area contributed by atoms with Crippen molar-refractivity contribution in [2.75, 3.05) is 33.5 Å². The lowest BCUT2D eigenvalue weighted by molar-refractivity contribution is 0.0496. The number of hydrogen-bond acceptors (Lipinski definition) is 5. The van der Waals surface area contributed by atoms with Gasteiger partial charge in [-0.25, -0.2) is 4.79 Å². The molecule has 0 saturated heterocycles. The second-order valence-electron chi connectivity index (χ2n) is 4.29. The molecule has 0 spiro atoms. The monoisotopic (exact) mass is 282 g/mol. The summed E-state index contributed by atoms with van der Waals surface area (Å²) in [4.78, 5) is 11.7. The molecule has 112 valence electrons. The van der Waals surface area contributed by atoms with Crippen LogP contribution in [-0.4, -0.2) is 44.6 Å². The first kappa shape index (κ1) is 16.5. The zero-order chi connectivity index (χ0) is 14.6. The van der Waals surface area contributed by atoms with Crippen LogP contribution in [0.5, 0.6) is 5.75 Å². The topological polar surface area (TPSA) is 65.0 Å². The lowest BCUT2D eigenvalue weighted by atomic mass is 10.2. The third kappa shape index (κ3) is 6.54. The van der Waals surface area contributed by atoms with Crippen molar-refractivity contribution in [3.8, 4) is 5.75 Å². The summed E-state index contributed by atoms with van der Waals surface area (Å²) in [6.07, 6.45) is 2.37. The summed E-state index contributed by atoms with van der Waals surface area (Å²) in [5.41, 5.74) is 0.506. The smallest absolute Gasteiger partial charge is 0.338 e. The minimum Gasteiger partial charge on any atom is -0.491 e. The van der Waals surface area contributed by atoms with Crippen molar-refractivity contribution < 1.29 is 24.1 Å². The van der Waals surface area contributed by atoms with Crippen molar-refractivity contribution in [1.29, 1.82) is 0 Å². The van der Waals surface area contributed by atoms with Crippen molar-refractivity contribution in [3.05, 3.63) is 29.8 Å². The highest BCUT2D eigenvalue weighted by atomic mass is 16.5. The lowest BCUT2D eigenvalue weighted by Crippen LogP contribution is -2.07. The number of unbranched alkanes of at least 4 members (excludes halogenated alkanes) is 2. The number of benzene rings is 1. The Hall–Kier alpha value is -1.59. The van der Waals surface area contributed by atoms with Crippen molar-refractivity contribution in [2.45, 2.75) is 19.3 Å². The summed E-state index contributed by atoms with van der Waals surface area (Å²) in [5.74, 6) is 0.360. The lowest BCUT2D eigenvalue weighted by Gasteiger charge is -2.07. The number of hydrogen-bond donors (Lipinski definition) is 1. The summed E-state index contributed by atoms with van der Waals surface area (Å²) < 4.78 is 15.4. The molecule has 20 heavy (non-hydrogen) atoms. The van der Waals surface area contributed by atoms with E-state index in [2.05, 4.69) is 0 Å². The maximum Gasteiger partial charge on any atom is 0.338 e. The highest BCUT2D eigenvalue weighted by Gasteiger charge is 2.06. The number of methoxy groups -OCH3 is 1. The zero-order valence-electron chi connectivity index (χ0n) is 11.8. The molecular formula is C15H22O5. The Morgan fingerprint density at radius 1 is 1.05 bits per heavy atom. The second kappa shape index (κ2) is 10.2. The predicted molar refractivity (Wildman–Crippen MR) is 75.0 cm³/mol. The fraction of sp³-hybridized carbons (Fsp3) is 0.533. The van der Waals surface area contributed by atoms with Crippen LogP contribution in [0.4, 0.5) is 0 Å². The normalized spacial score (nSPS) is 10.3. The molecule has 0 unspecified atom stereocenters.